The molecule has 254 valence electrons. The Morgan fingerprint density at radius 1 is 0.936 bits per heavy atom. The highest BCUT2D eigenvalue weighted by Crippen LogP contribution is 2.77. The van der Waals surface area contributed by atoms with E-state index in [1.54, 1.807) is 6.92 Å². The number of rotatable bonds is 5. The Morgan fingerprint density at radius 3 is 2.34 bits per heavy atom. The van der Waals surface area contributed by atoms with Crippen molar-refractivity contribution in [2.45, 2.75) is 126 Å². The molecule has 0 unspecified atom stereocenters. The minimum atomic E-state index is -0.265. The van der Waals surface area contributed by atoms with Gasteiger partial charge in [-0.15, -0.1) is 10.2 Å². The lowest BCUT2D eigenvalue weighted by Crippen LogP contribution is -2.65. The van der Waals surface area contributed by atoms with Crippen LogP contribution in [0.2, 0.25) is 5.02 Å². The van der Waals surface area contributed by atoms with Gasteiger partial charge in [0.05, 0.1) is 0 Å². The van der Waals surface area contributed by atoms with Crippen LogP contribution >= 0.6 is 11.6 Å². The first-order valence-electron chi connectivity index (χ1n) is 18.1. The summed E-state index contributed by atoms with van der Waals surface area (Å²) >= 11 is 6.12. The van der Waals surface area contributed by atoms with E-state index in [-0.39, 0.29) is 45.1 Å². The van der Waals surface area contributed by atoms with Crippen molar-refractivity contribution in [2.24, 2.45) is 50.7 Å². The predicted octanol–water partition coefficient (Wildman–Crippen LogP) is 9.84. The fraction of sp³-hybridized carbons (Fsp3) is 0.700. The zero-order valence-corrected chi connectivity index (χ0v) is 30.4. The molecule has 5 aliphatic carbocycles. The Hall–Kier alpha value is -2.47. The van der Waals surface area contributed by atoms with E-state index in [2.05, 4.69) is 58.7 Å². The average molecular weight is 661 g/mol. The highest BCUT2D eigenvalue weighted by molar-refractivity contribution is 6.30. The Morgan fingerprint density at radius 2 is 1.66 bits per heavy atom. The number of halogens is 1. The first-order valence-corrected chi connectivity index (χ1v) is 18.5. The number of hydrogen-bond acceptors (Lipinski definition) is 6. The van der Waals surface area contributed by atoms with E-state index >= 15 is 0 Å². The van der Waals surface area contributed by atoms with Crippen LogP contribution in [0.25, 0.3) is 11.5 Å². The number of hydrogen-bond donors (Lipinski definition) is 0. The number of carbonyl (C=O) groups excluding carboxylic acids is 2. The second-order valence-corrected chi connectivity index (χ2v) is 18.1. The maximum absolute atomic E-state index is 14.0. The highest BCUT2D eigenvalue weighted by atomic mass is 35.5. The van der Waals surface area contributed by atoms with Gasteiger partial charge in [0.2, 0.25) is 11.8 Å². The number of allylic oxidation sites excluding steroid dienone is 2. The summed E-state index contributed by atoms with van der Waals surface area (Å²) in [5.74, 6) is 2.94. The first-order chi connectivity index (χ1) is 22.1. The summed E-state index contributed by atoms with van der Waals surface area (Å²) in [4.78, 5) is 26.1. The van der Waals surface area contributed by atoms with Gasteiger partial charge in [0, 0.05) is 41.2 Å². The van der Waals surface area contributed by atoms with E-state index in [1.807, 2.05) is 24.3 Å². The summed E-state index contributed by atoms with van der Waals surface area (Å²) in [7, 11) is 0. The monoisotopic (exact) mass is 660 g/mol. The van der Waals surface area contributed by atoms with Gasteiger partial charge in [0.25, 0.3) is 0 Å². The topological polar surface area (TPSA) is 82.3 Å². The molecule has 1 heterocycles. The van der Waals surface area contributed by atoms with Crippen LogP contribution in [0.5, 0.6) is 0 Å². The second kappa shape index (κ2) is 11.0. The first kappa shape index (κ1) is 33.0. The van der Waals surface area contributed by atoms with Crippen molar-refractivity contribution >= 4 is 23.4 Å². The van der Waals surface area contributed by atoms with E-state index in [9.17, 15) is 9.59 Å². The molecule has 7 rings (SSSR count). The summed E-state index contributed by atoms with van der Waals surface area (Å²) in [6, 6.07) is 7.49. The molecule has 47 heavy (non-hydrogen) atoms. The van der Waals surface area contributed by atoms with Gasteiger partial charge in [-0.2, -0.15) is 0 Å². The molecule has 5 aliphatic rings. The van der Waals surface area contributed by atoms with Gasteiger partial charge in [0.1, 0.15) is 6.10 Å². The number of ether oxygens (including phenoxy) is 1. The van der Waals surface area contributed by atoms with Gasteiger partial charge in [-0.3, -0.25) is 9.59 Å². The lowest BCUT2D eigenvalue weighted by molar-refractivity contribution is -0.232. The largest absolute Gasteiger partial charge is 0.462 e. The van der Waals surface area contributed by atoms with E-state index in [0.717, 1.165) is 49.7 Å². The minimum absolute atomic E-state index is 0.0159. The summed E-state index contributed by atoms with van der Waals surface area (Å²) in [5, 5.41) is 9.62. The molecule has 2 aromatic rings. The van der Waals surface area contributed by atoms with Gasteiger partial charge in [-0.1, -0.05) is 65.6 Å². The van der Waals surface area contributed by atoms with E-state index in [1.165, 1.54) is 18.4 Å². The van der Waals surface area contributed by atoms with Crippen LogP contribution in [0, 0.1) is 50.7 Å². The summed E-state index contributed by atoms with van der Waals surface area (Å²) in [6.07, 6.45) is 9.90. The molecule has 4 saturated carbocycles. The molecule has 0 bridgehead atoms. The van der Waals surface area contributed by atoms with Crippen LogP contribution in [0.15, 0.2) is 39.8 Å². The van der Waals surface area contributed by atoms with Crippen LogP contribution < -0.4 is 0 Å². The van der Waals surface area contributed by atoms with Crippen molar-refractivity contribution in [3.63, 3.8) is 0 Å². The number of nitrogens with zero attached hydrogens (tertiary/aromatic N) is 2. The number of benzene rings is 1. The lowest BCUT2D eigenvalue weighted by atomic mass is 9.33. The second-order valence-electron chi connectivity index (χ2n) is 17.6. The Bertz CT molecular complexity index is 1620. The molecule has 1 aromatic carbocycles. The molecule has 8 atom stereocenters. The maximum Gasteiger partial charge on any atom is 0.302 e. The van der Waals surface area contributed by atoms with E-state index in [4.69, 9.17) is 20.8 Å². The Balaban J connectivity index is 1.24. The smallest absolute Gasteiger partial charge is 0.302 e. The third kappa shape index (κ3) is 4.76. The molecule has 4 fully saturated rings. The third-order valence-corrected chi connectivity index (χ3v) is 15.1. The Labute approximate surface area is 285 Å². The van der Waals surface area contributed by atoms with Crippen LogP contribution in [0.4, 0.5) is 0 Å². The third-order valence-electron chi connectivity index (χ3n) is 14.9. The summed E-state index contributed by atoms with van der Waals surface area (Å²) in [6.45, 7) is 18.5. The molecule has 0 spiro atoms. The maximum atomic E-state index is 14.0. The normalized spacial score (nSPS) is 39.2. The standard InChI is InChI=1S/C40H53ClN2O4/c1-23(2)33-28(45)21-40(22-32-42-43-35(47-32)25-9-11-26(41)12-10-25)20-19-38(7)27(34(33)40)13-14-30-37(6)17-16-31(46-24(3)44)36(4,5)29(37)15-18-39(30,38)8/h9-12,23,27,29-31H,13-22H2,1-8H3/t27-,29+,30-,31+,37+,38-,39-,40+/m1/s1. The molecule has 0 radical (unpaired) electrons. The molecule has 0 saturated heterocycles. The van der Waals surface area contributed by atoms with Crippen molar-refractivity contribution in [1.82, 2.24) is 10.2 Å². The molecule has 0 aliphatic heterocycles. The number of esters is 1. The number of Topliss-reactive ketones (excluding diaryl/α,β-unsaturated/α-hetero) is 1. The quantitative estimate of drug-likeness (QED) is 0.297. The van der Waals surface area contributed by atoms with Crippen molar-refractivity contribution in [3.05, 3.63) is 46.3 Å². The summed E-state index contributed by atoms with van der Waals surface area (Å²) in [5.41, 5.74) is 3.49. The fourth-order valence-corrected chi connectivity index (χ4v) is 12.8. The van der Waals surface area contributed by atoms with Crippen molar-refractivity contribution < 1.29 is 18.7 Å². The van der Waals surface area contributed by atoms with E-state index in [0.29, 0.717) is 53.2 Å². The van der Waals surface area contributed by atoms with Crippen LogP contribution in [0.3, 0.4) is 0 Å². The molecule has 0 amide bonds. The molecular formula is C40H53ClN2O4. The van der Waals surface area contributed by atoms with Gasteiger partial charge >= 0.3 is 5.97 Å². The summed E-state index contributed by atoms with van der Waals surface area (Å²) < 4.78 is 12.3. The van der Waals surface area contributed by atoms with E-state index < -0.39 is 0 Å². The number of ketones is 1. The van der Waals surface area contributed by atoms with Gasteiger partial charge in [-0.25, -0.2) is 0 Å². The molecular weight excluding hydrogens is 608 g/mol. The lowest BCUT2D eigenvalue weighted by Gasteiger charge is -2.72. The van der Waals surface area contributed by atoms with Crippen LogP contribution in [-0.4, -0.2) is 28.1 Å². The Kier molecular flexibility index (Phi) is 7.75. The van der Waals surface area contributed by atoms with Crippen molar-refractivity contribution in [1.29, 1.82) is 0 Å². The average Bonchev–Trinajstić information content (AvgIpc) is 3.57. The molecule has 6 nitrogen and oxygen atoms in total. The molecule has 0 N–H and O–H groups in total. The predicted molar refractivity (Wildman–Crippen MR) is 183 cm³/mol. The fourth-order valence-electron chi connectivity index (χ4n) is 12.7. The van der Waals surface area contributed by atoms with Crippen LogP contribution in [0.1, 0.15) is 119 Å². The minimum Gasteiger partial charge on any atom is -0.462 e. The number of aromatic nitrogens is 2. The van der Waals surface area contributed by atoms with Gasteiger partial charge < -0.3 is 9.15 Å². The van der Waals surface area contributed by atoms with Crippen molar-refractivity contribution in [2.75, 3.05) is 0 Å². The van der Waals surface area contributed by atoms with Crippen molar-refractivity contribution in [3.8, 4) is 11.5 Å². The van der Waals surface area contributed by atoms with Crippen LogP contribution in [-0.2, 0) is 20.7 Å². The number of carbonyl (C=O) groups is 2. The zero-order chi connectivity index (χ0) is 33.7. The van der Waals surface area contributed by atoms with Gasteiger partial charge in [-0.05, 0) is 121 Å². The number of fused-ring (bicyclic) bond motifs is 7. The highest BCUT2D eigenvalue weighted by Gasteiger charge is 2.70. The SMILES string of the molecule is CC(=O)O[C@H]1CC[C@]2(C)[C@H]3CC[C@@H]4C5=C(C(C)C)C(=O)C[C@]5(Cc5nnc(-c6ccc(Cl)cc6)o5)CC[C@@]4(C)[C@]3(C)CC[C@H]2C1(C)C. The zero-order valence-electron chi connectivity index (χ0n) is 29.7. The van der Waals surface area contributed by atoms with Gasteiger partial charge in [0.15, 0.2) is 5.78 Å². The molecule has 7 heteroatoms. The molecule has 1 aromatic heterocycles.